The van der Waals surface area contributed by atoms with Gasteiger partial charge in [-0.25, -0.2) is 0 Å². The Morgan fingerprint density at radius 3 is 2.50 bits per heavy atom. The van der Waals surface area contributed by atoms with Crippen LogP contribution in [0.5, 0.6) is 0 Å². The van der Waals surface area contributed by atoms with Gasteiger partial charge in [0.2, 0.25) is 5.91 Å². The van der Waals surface area contributed by atoms with Crippen LogP contribution in [0.15, 0.2) is 18.2 Å². The van der Waals surface area contributed by atoms with Crippen LogP contribution in [0.3, 0.4) is 0 Å². The van der Waals surface area contributed by atoms with Gasteiger partial charge in [0.05, 0.1) is 0 Å². The zero-order chi connectivity index (χ0) is 13.9. The van der Waals surface area contributed by atoms with Gasteiger partial charge in [-0.15, -0.1) is 0 Å². The summed E-state index contributed by atoms with van der Waals surface area (Å²) in [7, 11) is 0. The van der Waals surface area contributed by atoms with E-state index in [2.05, 4.69) is 37.2 Å². The van der Waals surface area contributed by atoms with Crippen LogP contribution < -0.4 is 5.32 Å². The third-order valence-corrected chi connectivity index (χ3v) is 5.01. The zero-order valence-corrected chi connectivity index (χ0v) is 13.2. The first kappa shape index (κ1) is 15.5. The van der Waals surface area contributed by atoms with Crippen molar-refractivity contribution in [1.29, 1.82) is 0 Å². The van der Waals surface area contributed by atoms with Crippen molar-refractivity contribution in [2.45, 2.75) is 16.6 Å². The summed E-state index contributed by atoms with van der Waals surface area (Å²) in [4.78, 5) is 20.7. The second-order valence-corrected chi connectivity index (χ2v) is 6.00. The molecule has 2 atom stereocenters. The molecule has 0 spiro atoms. The number of hydrogen-bond donors (Lipinski definition) is 2. The summed E-state index contributed by atoms with van der Waals surface area (Å²) < 4.78 is 0. The molecule has 1 aromatic rings. The minimum Gasteiger partial charge on any atom is -0.480 e. The van der Waals surface area contributed by atoms with Gasteiger partial charge in [-0.05, 0) is 24.6 Å². The summed E-state index contributed by atoms with van der Waals surface area (Å²) in [6.07, 6.45) is 0. The summed E-state index contributed by atoms with van der Waals surface area (Å²) in [5, 5.41) is 11.9. The van der Waals surface area contributed by atoms with Crippen molar-refractivity contribution in [3.05, 3.63) is 28.8 Å². The molecule has 18 heavy (non-hydrogen) atoms. The van der Waals surface area contributed by atoms with Gasteiger partial charge in [0, 0.05) is 10.7 Å². The van der Waals surface area contributed by atoms with E-state index in [1.54, 1.807) is 18.2 Å². The van der Waals surface area contributed by atoms with Crippen LogP contribution in [0.2, 0.25) is 5.02 Å². The Morgan fingerprint density at radius 1 is 1.33 bits per heavy atom. The van der Waals surface area contributed by atoms with Crippen LogP contribution in [0.1, 0.15) is 5.56 Å². The number of amides is 1. The Hall–Kier alpha value is -0.590. The number of nitrogens with one attached hydrogen (secondary N) is 1. The lowest BCUT2D eigenvalue weighted by atomic mass is 10.2. The molecule has 0 aliphatic carbocycles. The maximum Gasteiger partial charge on any atom is 0.318 e. The predicted molar refractivity (Wildman–Crippen MR) is 77.9 cm³/mol. The molecule has 0 unspecified atom stereocenters. The molecule has 98 valence electrons. The lowest BCUT2D eigenvalue weighted by molar-refractivity contribution is -0.137. The van der Waals surface area contributed by atoms with E-state index in [9.17, 15) is 9.59 Å². The summed E-state index contributed by atoms with van der Waals surface area (Å²) in [6.45, 7) is 1.82. The monoisotopic (exact) mass is 397 g/mol. The van der Waals surface area contributed by atoms with E-state index in [0.717, 1.165) is 5.56 Å². The SMILES string of the molecule is Cc1ccc(Cl)cc1NC(=O)[C@H](Br)[C@H](Br)C(=O)O. The fourth-order valence-corrected chi connectivity index (χ4v) is 1.94. The Bertz CT molecular complexity index is 481. The minimum absolute atomic E-state index is 0.454. The molecule has 1 aromatic carbocycles. The molecular formula is C11H10Br2ClNO3. The molecule has 0 aromatic heterocycles. The molecule has 0 aliphatic heterocycles. The van der Waals surface area contributed by atoms with Crippen molar-refractivity contribution in [1.82, 2.24) is 0 Å². The van der Waals surface area contributed by atoms with Crippen molar-refractivity contribution in [2.75, 3.05) is 5.32 Å². The minimum atomic E-state index is -1.12. The van der Waals surface area contributed by atoms with Crippen molar-refractivity contribution >= 4 is 61.0 Å². The Labute approximate surface area is 126 Å². The molecule has 7 heteroatoms. The highest BCUT2D eigenvalue weighted by atomic mass is 79.9. The van der Waals surface area contributed by atoms with Crippen LogP contribution in [-0.2, 0) is 9.59 Å². The van der Waals surface area contributed by atoms with Crippen molar-refractivity contribution < 1.29 is 14.7 Å². The second kappa shape index (κ2) is 6.54. The molecule has 0 radical (unpaired) electrons. The summed E-state index contributed by atoms with van der Waals surface area (Å²) in [5.41, 5.74) is 1.40. The van der Waals surface area contributed by atoms with Crippen LogP contribution in [0, 0.1) is 6.92 Å². The van der Waals surface area contributed by atoms with Gasteiger partial charge in [0.15, 0.2) is 0 Å². The number of alkyl halides is 2. The highest BCUT2D eigenvalue weighted by Gasteiger charge is 2.29. The van der Waals surface area contributed by atoms with Gasteiger partial charge in [-0.2, -0.15) is 0 Å². The first-order valence-electron chi connectivity index (χ1n) is 4.91. The molecule has 2 N–H and O–H groups in total. The molecular weight excluding hydrogens is 389 g/mol. The number of carbonyl (C=O) groups excluding carboxylic acids is 1. The predicted octanol–water partition coefficient (Wildman–Crippen LogP) is 3.20. The molecule has 0 bridgehead atoms. The largest absolute Gasteiger partial charge is 0.480 e. The molecule has 0 saturated carbocycles. The number of anilines is 1. The topological polar surface area (TPSA) is 66.4 Å². The zero-order valence-electron chi connectivity index (χ0n) is 9.28. The number of aryl methyl sites for hydroxylation is 1. The van der Waals surface area contributed by atoms with E-state index in [1.165, 1.54) is 0 Å². The number of benzene rings is 1. The summed E-state index contributed by atoms with van der Waals surface area (Å²) in [5.74, 6) is -1.57. The maximum absolute atomic E-state index is 11.8. The van der Waals surface area contributed by atoms with E-state index in [0.29, 0.717) is 10.7 Å². The van der Waals surface area contributed by atoms with E-state index in [1.807, 2.05) is 6.92 Å². The van der Waals surface area contributed by atoms with E-state index >= 15 is 0 Å². The molecule has 4 nitrogen and oxygen atoms in total. The third-order valence-electron chi connectivity index (χ3n) is 2.20. The van der Waals surface area contributed by atoms with Gasteiger partial charge in [0.1, 0.15) is 9.65 Å². The van der Waals surface area contributed by atoms with Crippen LogP contribution in [-0.4, -0.2) is 26.6 Å². The quantitative estimate of drug-likeness (QED) is 0.764. The van der Waals surface area contributed by atoms with E-state index < -0.39 is 21.5 Å². The van der Waals surface area contributed by atoms with Crippen molar-refractivity contribution in [3.8, 4) is 0 Å². The number of aliphatic carboxylic acids is 1. The molecule has 1 rings (SSSR count). The van der Waals surface area contributed by atoms with E-state index in [-0.39, 0.29) is 0 Å². The highest BCUT2D eigenvalue weighted by molar-refractivity contribution is 9.12. The number of halogens is 3. The van der Waals surface area contributed by atoms with Gasteiger partial charge in [-0.3, -0.25) is 9.59 Å². The number of rotatable bonds is 4. The van der Waals surface area contributed by atoms with E-state index in [4.69, 9.17) is 16.7 Å². The number of hydrogen-bond acceptors (Lipinski definition) is 2. The Morgan fingerprint density at radius 2 is 1.94 bits per heavy atom. The summed E-state index contributed by atoms with van der Waals surface area (Å²) >= 11 is 11.8. The Balaban J connectivity index is 2.81. The second-order valence-electron chi connectivity index (χ2n) is 3.59. The van der Waals surface area contributed by atoms with Gasteiger partial charge in [-0.1, -0.05) is 49.5 Å². The van der Waals surface area contributed by atoms with Crippen LogP contribution >= 0.6 is 43.5 Å². The van der Waals surface area contributed by atoms with Crippen LogP contribution in [0.4, 0.5) is 5.69 Å². The van der Waals surface area contributed by atoms with Crippen molar-refractivity contribution in [3.63, 3.8) is 0 Å². The average Bonchev–Trinajstić information content (AvgIpc) is 2.31. The normalized spacial score (nSPS) is 13.8. The Kier molecular flexibility index (Phi) is 5.62. The molecule has 0 saturated heterocycles. The van der Waals surface area contributed by atoms with Gasteiger partial charge in [0.25, 0.3) is 0 Å². The fraction of sp³-hybridized carbons (Fsp3) is 0.273. The number of carbonyl (C=O) groups is 2. The molecule has 1 amide bonds. The van der Waals surface area contributed by atoms with Gasteiger partial charge >= 0.3 is 5.97 Å². The third kappa shape index (κ3) is 3.96. The summed E-state index contributed by atoms with van der Waals surface area (Å²) in [6, 6.07) is 5.09. The maximum atomic E-state index is 11.8. The number of carboxylic acids is 1. The van der Waals surface area contributed by atoms with Crippen molar-refractivity contribution in [2.24, 2.45) is 0 Å². The first-order valence-corrected chi connectivity index (χ1v) is 7.12. The average molecular weight is 399 g/mol. The van der Waals surface area contributed by atoms with Crippen LogP contribution in [0.25, 0.3) is 0 Å². The lowest BCUT2D eigenvalue weighted by Gasteiger charge is -2.14. The fourth-order valence-electron chi connectivity index (χ4n) is 1.19. The molecule has 0 fully saturated rings. The smallest absolute Gasteiger partial charge is 0.318 e. The highest BCUT2D eigenvalue weighted by Crippen LogP contribution is 2.22. The first-order chi connectivity index (χ1) is 8.32. The molecule has 0 heterocycles. The molecule has 0 aliphatic rings. The standard InChI is InChI=1S/C11H10Br2ClNO3/c1-5-2-3-6(14)4-7(5)15-10(16)8(12)9(13)11(17)18/h2-4,8-9H,1H3,(H,15,16)(H,17,18)/t8-,9+/m1/s1. The lowest BCUT2D eigenvalue weighted by Crippen LogP contribution is -2.34. The van der Waals surface area contributed by atoms with Gasteiger partial charge < -0.3 is 10.4 Å². The number of carboxylic acid groups (broad SMARTS) is 1.